The quantitative estimate of drug-likeness (QED) is 0.0406. The molecule has 0 saturated carbocycles. The minimum Gasteiger partial charge on any atom is -0.477 e. The molecule has 0 radical (unpaired) electrons. The van der Waals surface area contributed by atoms with E-state index in [2.05, 4.69) is 20.8 Å². The van der Waals surface area contributed by atoms with Crippen LogP contribution in [0, 0.1) is 29.5 Å². The predicted octanol–water partition coefficient (Wildman–Crippen LogP) is 3.85. The van der Waals surface area contributed by atoms with E-state index in [1.54, 1.807) is 62.3 Å². The Morgan fingerprint density at radius 1 is 0.988 bits per heavy atom. The number of carbonyl (C=O) groups excluding carboxylic acids is 2. The molecule has 0 bridgehead atoms. The number of carbonyl (C=O) groups is 3. The summed E-state index contributed by atoms with van der Waals surface area (Å²) in [7, 11) is 0.703. The van der Waals surface area contributed by atoms with Crippen molar-refractivity contribution in [2.24, 2.45) is 28.8 Å². The van der Waals surface area contributed by atoms with E-state index in [1.165, 1.54) is 18.6 Å². The minimum absolute atomic E-state index is 0.0740. The fraction of sp³-hybridized carbons (Fsp3) is 0.774. The van der Waals surface area contributed by atoms with E-state index in [0.717, 1.165) is 12.3 Å². The molecule has 0 spiro atoms. The lowest BCUT2D eigenvalue weighted by atomic mass is 9.73. The minimum atomic E-state index is -4.31. The molecule has 0 amide bonds. The fourth-order valence-corrected chi connectivity index (χ4v) is 13.2. The summed E-state index contributed by atoms with van der Waals surface area (Å²) in [5.41, 5.74) is -6.02. The third kappa shape index (κ3) is 13.9. The average Bonchev–Trinajstić information content (AvgIpc) is 3.79. The highest BCUT2D eigenvalue weighted by Crippen LogP contribution is 2.44. The highest BCUT2D eigenvalue weighted by Gasteiger charge is 2.59. The highest BCUT2D eigenvalue weighted by molar-refractivity contribution is 7.86. The number of carboxylic acids is 1. The Labute approximate surface area is 466 Å². The molecular formula is C53H83FN6O19S. The molecular weight excluding hydrogens is 1080 g/mol. The maximum Gasteiger partial charge on any atom is 0.509 e. The molecule has 6 N–H and O–H groups in total. The average molecular weight is 1160 g/mol. The van der Waals surface area contributed by atoms with Crippen LogP contribution in [0.3, 0.4) is 0 Å². The summed E-state index contributed by atoms with van der Waals surface area (Å²) in [5, 5.41) is 53.9. The number of nitrogens with one attached hydrogen (secondary N) is 2. The molecule has 80 heavy (non-hydrogen) atoms. The molecule has 452 valence electrons. The lowest BCUT2D eigenvalue weighted by molar-refractivity contribution is -0.316. The van der Waals surface area contributed by atoms with Crippen LogP contribution in [0.2, 0.25) is 0 Å². The van der Waals surface area contributed by atoms with Gasteiger partial charge in [0.1, 0.15) is 29.5 Å². The number of aromatic nitrogens is 2. The normalized spacial score (nSPS) is 37.2. The molecule has 27 heteroatoms. The first-order chi connectivity index (χ1) is 37.4. The summed E-state index contributed by atoms with van der Waals surface area (Å²) >= 11 is 0. The van der Waals surface area contributed by atoms with Crippen molar-refractivity contribution in [3.63, 3.8) is 0 Å². The second-order valence-corrected chi connectivity index (χ2v) is 24.4. The first-order valence-electron chi connectivity index (χ1n) is 27.3. The highest BCUT2D eigenvalue weighted by atomic mass is 32.2. The molecule has 4 fully saturated rings. The number of aryl methyl sites for hydroxylation is 1. The number of rotatable bonds is 18. The standard InChI is InChI=1S/C53H83FN6O19S/c1-15-36-53(11)43(77-50(66)78-53)28(5)38(58-68)26(3)23-51(9,67)42(76-49-40(62)35(59(12)13)21-27(4)72-49)29(6)41(30(7)48(65)74-36)75-37-24-52(10,71-14)44(31(8)73-37)79-80(69,70)20-19-55-17-18-56-45-34(54)22-32-39(61)33(47(63)64)25-60(16-2)46(32)57-45/h22,25-31,35-37,40-44,49,55,62,67-68H,15-21,23-24H2,1-14H3,(H,56,57)(H,63,64)/b58-38+/t26-,27-,28?,29+,30-,31+,35+,36-,37+,40-,41+,42-,43-,44+,49+,51-,52-,53-/m1/s1. The molecule has 2 aromatic heterocycles. The largest absolute Gasteiger partial charge is 0.509 e. The van der Waals surface area contributed by atoms with Crippen molar-refractivity contribution in [2.45, 2.75) is 193 Å². The summed E-state index contributed by atoms with van der Waals surface area (Å²) < 4.78 is 99.7. The second-order valence-electron chi connectivity index (χ2n) is 22.7. The van der Waals surface area contributed by atoms with Crippen LogP contribution in [0.5, 0.6) is 0 Å². The Balaban J connectivity index is 1.22. The van der Waals surface area contributed by atoms with Gasteiger partial charge in [-0.15, -0.1) is 0 Å². The van der Waals surface area contributed by atoms with E-state index in [4.69, 9.17) is 42.1 Å². The van der Waals surface area contributed by atoms with Gasteiger partial charge in [-0.25, -0.2) is 19.0 Å². The van der Waals surface area contributed by atoms with Gasteiger partial charge in [0.25, 0.3) is 10.1 Å². The number of nitrogens with zero attached hydrogens (tertiary/aromatic N) is 4. The lowest BCUT2D eigenvalue weighted by Crippen LogP contribution is -2.61. The van der Waals surface area contributed by atoms with Crippen LogP contribution in [0.4, 0.5) is 15.0 Å². The molecule has 18 atom stereocenters. The molecule has 0 aromatic carbocycles. The number of methoxy groups -OCH3 is 1. The number of ether oxygens (including phenoxy) is 8. The van der Waals surface area contributed by atoms with Gasteiger partial charge < -0.3 is 78.5 Å². The van der Waals surface area contributed by atoms with Gasteiger partial charge in [-0.3, -0.25) is 13.8 Å². The Kier molecular flexibility index (Phi) is 20.8. The third-order valence-electron chi connectivity index (χ3n) is 16.3. The van der Waals surface area contributed by atoms with Crippen LogP contribution in [-0.2, 0) is 63.5 Å². The van der Waals surface area contributed by atoms with Gasteiger partial charge in [0.2, 0.25) is 5.43 Å². The Bertz CT molecular complexity index is 2730. The zero-order chi connectivity index (χ0) is 59.6. The number of anilines is 1. The Morgan fingerprint density at radius 2 is 1.68 bits per heavy atom. The Hall–Kier alpha value is -4.68. The summed E-state index contributed by atoms with van der Waals surface area (Å²) in [6.07, 6.45) is -10.7. The van der Waals surface area contributed by atoms with Crippen molar-refractivity contribution < 1.29 is 89.8 Å². The van der Waals surface area contributed by atoms with E-state index < -0.39 is 153 Å². The first-order valence-corrected chi connectivity index (χ1v) is 28.8. The fourth-order valence-electron chi connectivity index (χ4n) is 12.0. The van der Waals surface area contributed by atoms with E-state index >= 15 is 4.39 Å². The number of aromatic carboxylic acids is 1. The number of halogens is 1. The van der Waals surface area contributed by atoms with Crippen LogP contribution < -0.4 is 16.1 Å². The number of likely N-dealkylation sites (N-methyl/N-ethyl adjacent to an activating group) is 1. The summed E-state index contributed by atoms with van der Waals surface area (Å²) in [4.78, 5) is 58.1. The Morgan fingerprint density at radius 3 is 2.29 bits per heavy atom. The molecule has 4 aliphatic heterocycles. The van der Waals surface area contributed by atoms with Crippen LogP contribution in [0.25, 0.3) is 11.0 Å². The summed E-state index contributed by atoms with van der Waals surface area (Å²) in [5.74, 6) is -7.56. The van der Waals surface area contributed by atoms with Crippen LogP contribution in [0.15, 0.2) is 22.2 Å². The van der Waals surface area contributed by atoms with Crippen molar-refractivity contribution in [3.05, 3.63) is 33.9 Å². The molecule has 2 aromatic rings. The monoisotopic (exact) mass is 1160 g/mol. The van der Waals surface area contributed by atoms with E-state index in [-0.39, 0.29) is 74.1 Å². The molecule has 0 aliphatic carbocycles. The second kappa shape index (κ2) is 25.9. The summed E-state index contributed by atoms with van der Waals surface area (Å²) in [6.45, 7) is 18.6. The number of cyclic esters (lactones) is 1. The first kappa shape index (κ1) is 64.5. The smallest absolute Gasteiger partial charge is 0.477 e. The number of esters is 1. The van der Waals surface area contributed by atoms with Gasteiger partial charge in [-0.05, 0) is 87.9 Å². The van der Waals surface area contributed by atoms with Crippen molar-refractivity contribution in [2.75, 3.05) is 51.9 Å². The van der Waals surface area contributed by atoms with E-state index in [0.29, 0.717) is 6.42 Å². The van der Waals surface area contributed by atoms with Gasteiger partial charge in [-0.1, -0.05) is 32.9 Å². The zero-order valence-electron chi connectivity index (χ0n) is 48.2. The SMILES string of the molecule is CC[C@H]1OC(=O)[C@H](C)[C@@H](O[C@H]2C[C@@](C)(OC)[C@@H](OS(=O)(=O)CCNCCNc3nc4c(cc3F)c(=O)c(C(=O)O)cn4CC)[C@H](C)O2)[C@H](C)[C@@H](O[C@@H]2O[C@H](C)C[C@H](N(C)C)[C@H]2O)[C@](C)(O)C[C@@H](C)/C(=N\O)C(C)[C@H]2OC(=O)O[C@@]21C. The molecule has 4 saturated heterocycles. The van der Waals surface area contributed by atoms with Crippen molar-refractivity contribution in [1.29, 1.82) is 0 Å². The van der Waals surface area contributed by atoms with Crippen molar-refractivity contribution in [3.8, 4) is 0 Å². The van der Waals surface area contributed by atoms with Gasteiger partial charge >= 0.3 is 18.1 Å². The van der Waals surface area contributed by atoms with Gasteiger partial charge in [-0.2, -0.15) is 8.42 Å². The van der Waals surface area contributed by atoms with Crippen LogP contribution in [-0.4, -0.2) is 198 Å². The van der Waals surface area contributed by atoms with Gasteiger partial charge in [0.15, 0.2) is 35.9 Å². The van der Waals surface area contributed by atoms with E-state index in [9.17, 15) is 48.1 Å². The number of hydrogen-bond donors (Lipinski definition) is 6. The molecule has 6 heterocycles. The van der Waals surface area contributed by atoms with Crippen LogP contribution in [0.1, 0.15) is 112 Å². The topological polar surface area (TPSA) is 324 Å². The van der Waals surface area contributed by atoms with E-state index in [1.807, 2.05) is 25.9 Å². The molecule has 6 rings (SSSR count). The van der Waals surface area contributed by atoms with Crippen molar-refractivity contribution >= 4 is 50.8 Å². The molecule has 1 unspecified atom stereocenters. The lowest BCUT2D eigenvalue weighted by Gasteiger charge is -2.49. The number of aliphatic hydroxyl groups excluding tert-OH is 1. The third-order valence-corrected chi connectivity index (χ3v) is 17.5. The van der Waals surface area contributed by atoms with Crippen molar-refractivity contribution in [1.82, 2.24) is 19.8 Å². The number of carboxylic acid groups (broad SMARTS) is 1. The summed E-state index contributed by atoms with van der Waals surface area (Å²) in [6, 6.07) is 0.516. The number of fused-ring (bicyclic) bond motifs is 2. The zero-order valence-corrected chi connectivity index (χ0v) is 49.0. The van der Waals surface area contributed by atoms with Gasteiger partial charge in [0, 0.05) is 69.7 Å². The molecule has 4 aliphatic rings. The number of hydrogen-bond acceptors (Lipinski definition) is 23. The number of aliphatic hydroxyl groups is 2. The maximum absolute atomic E-state index is 15.1. The number of pyridine rings is 2. The van der Waals surface area contributed by atoms with Crippen LogP contribution >= 0.6 is 0 Å². The molecule has 25 nitrogen and oxygen atoms in total. The van der Waals surface area contributed by atoms with Gasteiger partial charge in [0.05, 0.1) is 58.4 Å². The number of oxime groups is 1. The predicted molar refractivity (Wildman–Crippen MR) is 286 cm³/mol. The maximum atomic E-state index is 15.1.